The minimum absolute atomic E-state index is 0.159. The number of aryl methyl sites for hydroxylation is 1. The first kappa shape index (κ1) is 19.7. The lowest BCUT2D eigenvalue weighted by molar-refractivity contribution is 0.218. The standard InChI is InChI=1S/C18H20N4O3S2/c1-22-10-20-15(8-16(22)23)17-13-5-3-4-12(13)14(9-19)18(21-17)26-11-27(24)7-6-25-2/h8,10H,3-7,11H2,1-2H3. The lowest BCUT2D eigenvalue weighted by atomic mass is 10.0. The molecule has 1 atom stereocenters. The van der Waals surface area contributed by atoms with E-state index in [0.29, 0.717) is 39.4 Å². The van der Waals surface area contributed by atoms with Crippen molar-refractivity contribution in [2.75, 3.05) is 24.6 Å². The molecule has 2 heterocycles. The predicted molar refractivity (Wildman–Crippen MR) is 105 cm³/mol. The summed E-state index contributed by atoms with van der Waals surface area (Å²) < 4.78 is 18.5. The number of nitriles is 1. The van der Waals surface area contributed by atoms with Crippen molar-refractivity contribution in [2.24, 2.45) is 7.05 Å². The van der Waals surface area contributed by atoms with E-state index in [1.165, 1.54) is 28.7 Å². The summed E-state index contributed by atoms with van der Waals surface area (Å²) in [4.78, 5) is 21.0. The van der Waals surface area contributed by atoms with Gasteiger partial charge in [0, 0.05) is 36.8 Å². The molecule has 9 heteroatoms. The number of nitrogens with zero attached hydrogens (tertiary/aromatic N) is 4. The molecule has 0 aromatic carbocycles. The van der Waals surface area contributed by atoms with Crippen molar-refractivity contribution in [1.29, 1.82) is 5.26 Å². The minimum Gasteiger partial charge on any atom is -0.384 e. The second-order valence-electron chi connectivity index (χ2n) is 6.19. The molecule has 0 bridgehead atoms. The Morgan fingerprint density at radius 2 is 2.19 bits per heavy atom. The topological polar surface area (TPSA) is 97.9 Å². The molecule has 0 N–H and O–H groups in total. The van der Waals surface area contributed by atoms with Crippen molar-refractivity contribution in [3.05, 3.63) is 39.4 Å². The summed E-state index contributed by atoms with van der Waals surface area (Å²) in [5, 5.41) is 10.6. The van der Waals surface area contributed by atoms with Gasteiger partial charge < -0.3 is 9.30 Å². The largest absolute Gasteiger partial charge is 0.384 e. The zero-order chi connectivity index (χ0) is 19.4. The summed E-state index contributed by atoms with van der Waals surface area (Å²) in [5.74, 6) is 0.444. The van der Waals surface area contributed by atoms with E-state index >= 15 is 0 Å². The average Bonchev–Trinajstić information content (AvgIpc) is 3.15. The number of rotatable bonds is 7. The fourth-order valence-electron chi connectivity index (χ4n) is 3.01. The number of fused-ring (bicyclic) bond motifs is 1. The van der Waals surface area contributed by atoms with Gasteiger partial charge in [-0.25, -0.2) is 9.97 Å². The molecule has 7 nitrogen and oxygen atoms in total. The quantitative estimate of drug-likeness (QED) is 0.647. The van der Waals surface area contributed by atoms with Crippen molar-refractivity contribution < 1.29 is 8.95 Å². The summed E-state index contributed by atoms with van der Waals surface area (Å²) >= 11 is 1.31. The molecule has 0 aliphatic heterocycles. The van der Waals surface area contributed by atoms with Crippen molar-refractivity contribution in [3.8, 4) is 17.5 Å². The third kappa shape index (κ3) is 4.29. The summed E-state index contributed by atoms with van der Waals surface area (Å²) in [6.45, 7) is 0.429. The normalized spacial score (nSPS) is 14.0. The Hall–Kier alpha value is -2.02. The van der Waals surface area contributed by atoms with Gasteiger partial charge in [-0.3, -0.25) is 9.00 Å². The zero-order valence-corrected chi connectivity index (χ0v) is 16.9. The van der Waals surface area contributed by atoms with Gasteiger partial charge in [-0.05, 0) is 30.4 Å². The van der Waals surface area contributed by atoms with Crippen LogP contribution in [-0.2, 0) is 35.4 Å². The van der Waals surface area contributed by atoms with Gasteiger partial charge in [0.05, 0.1) is 35.0 Å². The first-order valence-electron chi connectivity index (χ1n) is 8.50. The molecule has 1 aliphatic carbocycles. The van der Waals surface area contributed by atoms with Crippen LogP contribution in [0, 0.1) is 11.3 Å². The highest BCUT2D eigenvalue weighted by atomic mass is 32.2. The third-order valence-electron chi connectivity index (χ3n) is 4.41. The molecule has 1 aliphatic rings. The fourth-order valence-corrected chi connectivity index (χ4v) is 5.28. The van der Waals surface area contributed by atoms with E-state index < -0.39 is 10.8 Å². The van der Waals surface area contributed by atoms with Gasteiger partial charge >= 0.3 is 0 Å². The molecule has 0 saturated heterocycles. The number of methoxy groups -OCH3 is 1. The van der Waals surface area contributed by atoms with Gasteiger partial charge in [0.2, 0.25) is 0 Å². The Kier molecular flexibility index (Phi) is 6.42. The van der Waals surface area contributed by atoms with Crippen molar-refractivity contribution >= 4 is 22.6 Å². The van der Waals surface area contributed by atoms with Crippen molar-refractivity contribution in [3.63, 3.8) is 0 Å². The highest BCUT2D eigenvalue weighted by Crippen LogP contribution is 2.36. The summed E-state index contributed by atoms with van der Waals surface area (Å²) in [5.41, 5.74) is 3.55. The smallest absolute Gasteiger partial charge is 0.253 e. The Labute approximate surface area is 164 Å². The zero-order valence-electron chi connectivity index (χ0n) is 15.2. The second kappa shape index (κ2) is 8.78. The van der Waals surface area contributed by atoms with Crippen LogP contribution in [0.1, 0.15) is 23.1 Å². The van der Waals surface area contributed by atoms with E-state index in [-0.39, 0.29) is 5.56 Å². The first-order chi connectivity index (χ1) is 13.0. The number of thioether (sulfide) groups is 1. The van der Waals surface area contributed by atoms with Crippen LogP contribution < -0.4 is 5.56 Å². The van der Waals surface area contributed by atoms with Crippen LogP contribution >= 0.6 is 11.8 Å². The van der Waals surface area contributed by atoms with E-state index in [4.69, 9.17) is 4.74 Å². The second-order valence-corrected chi connectivity index (χ2v) is 9.09. The minimum atomic E-state index is -1.07. The van der Waals surface area contributed by atoms with Gasteiger partial charge in [-0.15, -0.1) is 0 Å². The lowest BCUT2D eigenvalue weighted by Gasteiger charge is -2.13. The van der Waals surface area contributed by atoms with E-state index in [0.717, 1.165) is 30.4 Å². The number of aromatic nitrogens is 3. The maximum atomic E-state index is 12.1. The van der Waals surface area contributed by atoms with Crippen LogP contribution in [0.5, 0.6) is 0 Å². The summed E-state index contributed by atoms with van der Waals surface area (Å²) in [6, 6.07) is 3.74. The van der Waals surface area contributed by atoms with E-state index in [1.807, 2.05) is 0 Å². The monoisotopic (exact) mass is 404 g/mol. The molecule has 3 rings (SSSR count). The first-order valence-corrected chi connectivity index (χ1v) is 11.0. The summed E-state index contributed by atoms with van der Waals surface area (Å²) in [6.07, 6.45) is 4.04. The third-order valence-corrected chi connectivity index (χ3v) is 7.12. The molecule has 27 heavy (non-hydrogen) atoms. The number of hydrogen-bond donors (Lipinski definition) is 0. The van der Waals surface area contributed by atoms with E-state index in [2.05, 4.69) is 16.0 Å². The fraction of sp³-hybridized carbons (Fsp3) is 0.444. The van der Waals surface area contributed by atoms with Gasteiger partial charge in [0.25, 0.3) is 5.56 Å². The van der Waals surface area contributed by atoms with Crippen LogP contribution in [0.4, 0.5) is 0 Å². The molecular formula is C18H20N4O3S2. The van der Waals surface area contributed by atoms with Gasteiger partial charge in [-0.2, -0.15) is 5.26 Å². The molecule has 0 saturated carbocycles. The Morgan fingerprint density at radius 1 is 1.41 bits per heavy atom. The molecule has 0 amide bonds. The van der Waals surface area contributed by atoms with Crippen LogP contribution in [0.3, 0.4) is 0 Å². The Morgan fingerprint density at radius 3 is 2.89 bits per heavy atom. The molecular weight excluding hydrogens is 384 g/mol. The van der Waals surface area contributed by atoms with Crippen LogP contribution in [0.25, 0.3) is 11.4 Å². The molecule has 2 aromatic rings. The van der Waals surface area contributed by atoms with Gasteiger partial charge in [-0.1, -0.05) is 11.8 Å². The Balaban J connectivity index is 2.01. The van der Waals surface area contributed by atoms with Crippen LogP contribution in [0.15, 0.2) is 22.2 Å². The predicted octanol–water partition coefficient (Wildman–Crippen LogP) is 1.65. The van der Waals surface area contributed by atoms with E-state index in [9.17, 15) is 14.3 Å². The molecule has 0 radical (unpaired) electrons. The SMILES string of the molecule is COCCS(=O)CSc1nc(-c2cc(=O)n(C)cn2)c2c(c1C#N)CCC2. The maximum Gasteiger partial charge on any atom is 0.253 e. The average molecular weight is 405 g/mol. The van der Waals surface area contributed by atoms with E-state index in [1.54, 1.807) is 14.2 Å². The number of ether oxygens (including phenoxy) is 1. The number of pyridine rings is 1. The highest BCUT2D eigenvalue weighted by Gasteiger charge is 2.25. The molecule has 142 valence electrons. The lowest BCUT2D eigenvalue weighted by Crippen LogP contribution is -2.16. The Bertz CT molecular complexity index is 982. The van der Waals surface area contributed by atoms with Crippen molar-refractivity contribution in [1.82, 2.24) is 14.5 Å². The number of hydrogen-bond acceptors (Lipinski definition) is 7. The van der Waals surface area contributed by atoms with Gasteiger partial charge in [0.15, 0.2) is 0 Å². The van der Waals surface area contributed by atoms with Crippen LogP contribution in [0.2, 0.25) is 0 Å². The molecule has 0 fully saturated rings. The molecule has 0 spiro atoms. The van der Waals surface area contributed by atoms with Gasteiger partial charge in [0.1, 0.15) is 11.1 Å². The maximum absolute atomic E-state index is 12.1. The highest BCUT2D eigenvalue weighted by molar-refractivity contribution is 8.10. The molecule has 1 unspecified atom stereocenters. The molecule has 2 aromatic heterocycles. The van der Waals surface area contributed by atoms with Crippen LogP contribution in [-0.4, -0.2) is 43.3 Å². The van der Waals surface area contributed by atoms with Crippen molar-refractivity contribution in [2.45, 2.75) is 24.3 Å². The summed E-state index contributed by atoms with van der Waals surface area (Å²) in [7, 11) is 2.15.